The highest BCUT2D eigenvalue weighted by Crippen LogP contribution is 2.48. The second-order valence-corrected chi connectivity index (χ2v) is 8.71. The molecule has 160 valence electrons. The van der Waals surface area contributed by atoms with Crippen molar-refractivity contribution in [2.45, 2.75) is 31.3 Å². The molecule has 0 spiro atoms. The lowest BCUT2D eigenvalue weighted by Gasteiger charge is -2.26. The van der Waals surface area contributed by atoms with Crippen LogP contribution >= 0.6 is 11.6 Å². The number of benzene rings is 2. The van der Waals surface area contributed by atoms with Crippen molar-refractivity contribution in [3.63, 3.8) is 0 Å². The van der Waals surface area contributed by atoms with Crippen LogP contribution in [0, 0.1) is 0 Å². The standard InChI is InChI=1S/C24H31ClN4O/c1-26-23(28-18-24(9-10-24)21-3-2-4-22(25)15-21)27-16-19-5-7-20(8-6-19)17-29-11-13-30-14-12-29/h2-8,15H,9-14,16-18H2,1H3,(H2,26,27,28). The van der Waals surface area contributed by atoms with Crippen molar-refractivity contribution < 1.29 is 4.74 Å². The van der Waals surface area contributed by atoms with E-state index in [1.165, 1.54) is 29.5 Å². The van der Waals surface area contributed by atoms with Crippen molar-refractivity contribution >= 4 is 17.6 Å². The number of rotatable bonds is 7. The van der Waals surface area contributed by atoms with E-state index in [-0.39, 0.29) is 5.41 Å². The molecule has 5 nitrogen and oxygen atoms in total. The average Bonchev–Trinajstić information content (AvgIpc) is 3.57. The molecule has 0 aromatic heterocycles. The molecular weight excluding hydrogens is 396 g/mol. The van der Waals surface area contributed by atoms with Crippen molar-refractivity contribution in [2.24, 2.45) is 4.99 Å². The van der Waals surface area contributed by atoms with Gasteiger partial charge in [-0.1, -0.05) is 48.0 Å². The highest BCUT2D eigenvalue weighted by atomic mass is 35.5. The maximum atomic E-state index is 6.19. The van der Waals surface area contributed by atoms with Gasteiger partial charge >= 0.3 is 0 Å². The molecule has 2 aromatic rings. The fraction of sp³-hybridized carbons (Fsp3) is 0.458. The Morgan fingerprint density at radius 1 is 1.07 bits per heavy atom. The molecule has 1 saturated carbocycles. The number of hydrogen-bond acceptors (Lipinski definition) is 3. The minimum absolute atomic E-state index is 0.184. The van der Waals surface area contributed by atoms with Gasteiger partial charge in [0.05, 0.1) is 13.2 Å². The Labute approximate surface area is 184 Å². The summed E-state index contributed by atoms with van der Waals surface area (Å²) < 4.78 is 5.42. The van der Waals surface area contributed by atoms with Crippen LogP contribution in [-0.4, -0.2) is 50.8 Å². The van der Waals surface area contributed by atoms with Crippen LogP contribution in [-0.2, 0) is 23.2 Å². The molecule has 6 heteroatoms. The van der Waals surface area contributed by atoms with Crippen molar-refractivity contribution in [2.75, 3.05) is 39.9 Å². The molecule has 0 atom stereocenters. The van der Waals surface area contributed by atoms with E-state index >= 15 is 0 Å². The zero-order chi connectivity index (χ0) is 20.8. The lowest BCUT2D eigenvalue weighted by molar-refractivity contribution is 0.0342. The first-order valence-corrected chi connectivity index (χ1v) is 11.1. The maximum absolute atomic E-state index is 6.19. The summed E-state index contributed by atoms with van der Waals surface area (Å²) in [5.41, 5.74) is 4.10. The Hall–Kier alpha value is -2.08. The van der Waals surface area contributed by atoms with Crippen LogP contribution in [0.25, 0.3) is 0 Å². The molecular formula is C24H31ClN4O. The van der Waals surface area contributed by atoms with Crippen LogP contribution in [0.5, 0.6) is 0 Å². The van der Waals surface area contributed by atoms with E-state index in [0.717, 1.165) is 56.9 Å². The summed E-state index contributed by atoms with van der Waals surface area (Å²) >= 11 is 6.19. The smallest absolute Gasteiger partial charge is 0.191 e. The number of nitrogens with zero attached hydrogens (tertiary/aromatic N) is 2. The average molecular weight is 427 g/mol. The molecule has 4 rings (SSSR count). The number of aliphatic imine (C=N–C) groups is 1. The summed E-state index contributed by atoms with van der Waals surface area (Å²) in [6.07, 6.45) is 2.36. The van der Waals surface area contributed by atoms with Crippen molar-refractivity contribution in [1.82, 2.24) is 15.5 Å². The van der Waals surface area contributed by atoms with Gasteiger partial charge in [0.2, 0.25) is 0 Å². The van der Waals surface area contributed by atoms with Gasteiger partial charge in [-0.3, -0.25) is 9.89 Å². The number of morpholine rings is 1. The minimum atomic E-state index is 0.184. The van der Waals surface area contributed by atoms with Crippen molar-refractivity contribution in [3.8, 4) is 0 Å². The van der Waals surface area contributed by atoms with Crippen LogP contribution in [0.4, 0.5) is 0 Å². The molecule has 1 heterocycles. The highest BCUT2D eigenvalue weighted by Gasteiger charge is 2.44. The van der Waals surface area contributed by atoms with E-state index in [2.05, 4.69) is 56.9 Å². The van der Waals surface area contributed by atoms with Crippen LogP contribution in [0.15, 0.2) is 53.5 Å². The number of nitrogens with one attached hydrogen (secondary N) is 2. The SMILES string of the molecule is CN=C(NCc1ccc(CN2CCOCC2)cc1)NCC1(c2cccc(Cl)c2)CC1. The van der Waals surface area contributed by atoms with E-state index in [1.807, 2.05) is 19.2 Å². The third kappa shape index (κ3) is 5.54. The quantitative estimate of drug-likeness (QED) is 0.525. The van der Waals surface area contributed by atoms with Gasteiger partial charge in [-0.25, -0.2) is 0 Å². The first-order chi connectivity index (χ1) is 14.7. The Bertz CT molecular complexity index is 858. The van der Waals surface area contributed by atoms with Gasteiger partial charge in [0.15, 0.2) is 5.96 Å². The monoisotopic (exact) mass is 426 g/mol. The summed E-state index contributed by atoms with van der Waals surface area (Å²) in [6.45, 7) is 6.32. The summed E-state index contributed by atoms with van der Waals surface area (Å²) in [5, 5.41) is 7.74. The number of ether oxygens (including phenoxy) is 1. The van der Waals surface area contributed by atoms with E-state index < -0.39 is 0 Å². The van der Waals surface area contributed by atoms with E-state index in [1.54, 1.807) is 0 Å². The molecule has 1 aliphatic heterocycles. The summed E-state index contributed by atoms with van der Waals surface area (Å²) in [7, 11) is 1.82. The minimum Gasteiger partial charge on any atom is -0.379 e. The lowest BCUT2D eigenvalue weighted by atomic mass is 9.96. The van der Waals surface area contributed by atoms with Gasteiger partial charge in [0, 0.05) is 50.2 Å². The molecule has 2 aliphatic rings. The van der Waals surface area contributed by atoms with Gasteiger partial charge < -0.3 is 15.4 Å². The lowest BCUT2D eigenvalue weighted by Crippen LogP contribution is -2.40. The van der Waals surface area contributed by atoms with Crippen molar-refractivity contribution in [3.05, 3.63) is 70.2 Å². The molecule has 2 fully saturated rings. The van der Waals surface area contributed by atoms with Gasteiger partial charge in [-0.05, 0) is 41.7 Å². The topological polar surface area (TPSA) is 48.9 Å². The summed E-state index contributed by atoms with van der Waals surface area (Å²) in [6, 6.07) is 17.1. The predicted octanol–water partition coefficient (Wildman–Crippen LogP) is 3.57. The molecule has 0 amide bonds. The summed E-state index contributed by atoms with van der Waals surface area (Å²) in [4.78, 5) is 6.83. The molecule has 0 unspecified atom stereocenters. The maximum Gasteiger partial charge on any atom is 0.191 e. The number of halogens is 1. The fourth-order valence-corrected chi connectivity index (χ4v) is 4.17. The van der Waals surface area contributed by atoms with E-state index in [4.69, 9.17) is 16.3 Å². The third-order valence-corrected chi connectivity index (χ3v) is 6.34. The second kappa shape index (κ2) is 9.82. The predicted molar refractivity (Wildman–Crippen MR) is 123 cm³/mol. The Balaban J connectivity index is 1.25. The first-order valence-electron chi connectivity index (χ1n) is 10.8. The molecule has 0 radical (unpaired) electrons. The molecule has 2 aromatic carbocycles. The largest absolute Gasteiger partial charge is 0.379 e. The van der Waals surface area contributed by atoms with Gasteiger partial charge in [0.25, 0.3) is 0 Å². The number of hydrogen-bond donors (Lipinski definition) is 2. The van der Waals surface area contributed by atoms with E-state index in [9.17, 15) is 0 Å². The second-order valence-electron chi connectivity index (χ2n) is 8.28. The zero-order valence-corrected chi connectivity index (χ0v) is 18.4. The fourth-order valence-electron chi connectivity index (χ4n) is 3.98. The molecule has 0 bridgehead atoms. The van der Waals surface area contributed by atoms with Crippen LogP contribution < -0.4 is 10.6 Å². The van der Waals surface area contributed by atoms with Gasteiger partial charge in [0.1, 0.15) is 0 Å². The molecule has 1 aliphatic carbocycles. The molecule has 30 heavy (non-hydrogen) atoms. The number of guanidine groups is 1. The van der Waals surface area contributed by atoms with E-state index in [0.29, 0.717) is 0 Å². The van der Waals surface area contributed by atoms with Crippen molar-refractivity contribution in [1.29, 1.82) is 0 Å². The van der Waals surface area contributed by atoms with Crippen LogP contribution in [0.3, 0.4) is 0 Å². The van der Waals surface area contributed by atoms with Gasteiger partial charge in [-0.2, -0.15) is 0 Å². The Morgan fingerprint density at radius 3 is 2.47 bits per heavy atom. The Kier molecular flexibility index (Phi) is 6.93. The molecule has 2 N–H and O–H groups in total. The van der Waals surface area contributed by atoms with Crippen LogP contribution in [0.1, 0.15) is 29.5 Å². The zero-order valence-electron chi connectivity index (χ0n) is 17.7. The third-order valence-electron chi connectivity index (χ3n) is 6.10. The molecule has 1 saturated heterocycles. The normalized spacial score (nSPS) is 18.8. The first kappa shape index (κ1) is 21.2. The highest BCUT2D eigenvalue weighted by molar-refractivity contribution is 6.30. The van der Waals surface area contributed by atoms with Gasteiger partial charge in [-0.15, -0.1) is 0 Å². The van der Waals surface area contributed by atoms with Crippen LogP contribution in [0.2, 0.25) is 5.02 Å². The summed E-state index contributed by atoms with van der Waals surface area (Å²) in [5.74, 6) is 0.834. The Morgan fingerprint density at radius 2 is 1.80 bits per heavy atom.